The summed E-state index contributed by atoms with van der Waals surface area (Å²) in [5.74, 6) is 0. The molecule has 0 aromatic rings. The lowest BCUT2D eigenvalue weighted by molar-refractivity contribution is 0.104. The fourth-order valence-electron chi connectivity index (χ4n) is 1.76. The highest BCUT2D eigenvalue weighted by molar-refractivity contribution is 4.52. The van der Waals surface area contributed by atoms with Gasteiger partial charge in [0, 0.05) is 13.1 Å². The van der Waals surface area contributed by atoms with Crippen molar-refractivity contribution in [2.24, 2.45) is 0 Å². The van der Waals surface area contributed by atoms with E-state index in [2.05, 4.69) is 81.3 Å². The second-order valence-corrected chi connectivity index (χ2v) is 7.28. The number of likely N-dealkylation sites (N-methyl/N-ethyl adjacent to an activating group) is 2. The monoisotopic (exact) mass is 347 g/mol. The zero-order chi connectivity index (χ0) is 18.8. The van der Waals surface area contributed by atoms with Gasteiger partial charge in [-0.2, -0.15) is 0 Å². The van der Waals surface area contributed by atoms with Crippen LogP contribution in [0.15, 0.2) is 0 Å². The number of hydrogen-bond acceptors (Lipinski definition) is 6. The Hall–Kier alpha value is -0.240. The van der Waals surface area contributed by atoms with Crippen LogP contribution in [0.1, 0.15) is 12.8 Å². The van der Waals surface area contributed by atoms with Crippen LogP contribution >= 0.6 is 0 Å². The van der Waals surface area contributed by atoms with Crippen molar-refractivity contribution in [1.29, 1.82) is 0 Å². The van der Waals surface area contributed by atoms with Crippen LogP contribution in [0, 0.1) is 0 Å². The third-order valence-electron chi connectivity index (χ3n) is 3.28. The molecule has 0 radical (unpaired) electrons. The van der Waals surface area contributed by atoms with E-state index in [1.807, 2.05) is 0 Å². The third kappa shape index (κ3) is 29.7. The Bertz CT molecular complexity index is 213. The number of nitrogens with one attached hydrogen (secondary N) is 1. The fourth-order valence-corrected chi connectivity index (χ4v) is 1.76. The normalized spacial score (nSPS) is 11.5. The van der Waals surface area contributed by atoms with E-state index in [4.69, 9.17) is 4.74 Å². The summed E-state index contributed by atoms with van der Waals surface area (Å²) < 4.78 is 5.37. The van der Waals surface area contributed by atoms with E-state index < -0.39 is 0 Å². The van der Waals surface area contributed by atoms with Crippen molar-refractivity contribution in [1.82, 2.24) is 24.9 Å². The summed E-state index contributed by atoms with van der Waals surface area (Å²) in [7, 11) is 16.7. The van der Waals surface area contributed by atoms with Gasteiger partial charge in [0.15, 0.2) is 0 Å². The molecule has 24 heavy (non-hydrogen) atoms. The average molecular weight is 348 g/mol. The van der Waals surface area contributed by atoms with Crippen molar-refractivity contribution in [3.8, 4) is 0 Å². The molecule has 0 fully saturated rings. The van der Waals surface area contributed by atoms with E-state index in [0.29, 0.717) is 0 Å². The van der Waals surface area contributed by atoms with Crippen molar-refractivity contribution in [2.75, 3.05) is 109 Å². The van der Waals surface area contributed by atoms with Gasteiger partial charge in [-0.05, 0) is 95.4 Å². The van der Waals surface area contributed by atoms with Gasteiger partial charge < -0.3 is 29.7 Å². The van der Waals surface area contributed by atoms with Gasteiger partial charge in [0.05, 0.1) is 13.2 Å². The predicted octanol–water partition coefficient (Wildman–Crippen LogP) is 0.606. The summed E-state index contributed by atoms with van der Waals surface area (Å²) in [6.45, 7) is 8.33. The van der Waals surface area contributed by atoms with E-state index in [-0.39, 0.29) is 0 Å². The van der Waals surface area contributed by atoms with Gasteiger partial charge >= 0.3 is 0 Å². The lowest BCUT2D eigenvalue weighted by Gasteiger charge is -2.12. The lowest BCUT2D eigenvalue weighted by atomic mass is 10.3. The Balaban J connectivity index is 0. The smallest absolute Gasteiger partial charge is 0.0593 e. The summed E-state index contributed by atoms with van der Waals surface area (Å²) >= 11 is 0. The van der Waals surface area contributed by atoms with E-state index in [9.17, 15) is 0 Å². The molecule has 0 unspecified atom stereocenters. The minimum Gasteiger partial charge on any atom is -0.379 e. The minimum absolute atomic E-state index is 0.834. The molecule has 0 amide bonds. The summed E-state index contributed by atoms with van der Waals surface area (Å²) in [4.78, 5) is 8.69. The molecule has 0 aliphatic carbocycles. The molecule has 0 heterocycles. The SMILES string of the molecule is CN(C)CCCNCCCN(C)C.CN(C)CCOCCN(C)C. The van der Waals surface area contributed by atoms with Gasteiger partial charge in [-0.1, -0.05) is 0 Å². The van der Waals surface area contributed by atoms with Crippen LogP contribution in [0.3, 0.4) is 0 Å². The maximum absolute atomic E-state index is 5.37. The van der Waals surface area contributed by atoms with Crippen LogP contribution < -0.4 is 5.32 Å². The Labute approximate surface area is 152 Å². The first-order valence-electron chi connectivity index (χ1n) is 9.13. The van der Waals surface area contributed by atoms with Crippen LogP contribution in [-0.2, 0) is 4.74 Å². The lowest BCUT2D eigenvalue weighted by Crippen LogP contribution is -2.24. The quantitative estimate of drug-likeness (QED) is 0.464. The van der Waals surface area contributed by atoms with Crippen LogP contribution in [0.2, 0.25) is 0 Å². The number of rotatable bonds is 14. The highest BCUT2D eigenvalue weighted by Gasteiger charge is 1.93. The van der Waals surface area contributed by atoms with Gasteiger partial charge in [0.1, 0.15) is 0 Å². The average Bonchev–Trinajstić information content (AvgIpc) is 2.45. The molecule has 0 aromatic heterocycles. The summed E-state index contributed by atoms with van der Waals surface area (Å²) in [5, 5.41) is 3.44. The van der Waals surface area contributed by atoms with Gasteiger partial charge in [-0.15, -0.1) is 0 Å². The molecule has 0 aliphatic rings. The first kappa shape index (κ1) is 26.0. The van der Waals surface area contributed by atoms with E-state index in [1.54, 1.807) is 0 Å². The van der Waals surface area contributed by atoms with Crippen molar-refractivity contribution >= 4 is 0 Å². The van der Waals surface area contributed by atoms with Crippen molar-refractivity contribution in [3.05, 3.63) is 0 Å². The zero-order valence-corrected chi connectivity index (χ0v) is 17.8. The maximum Gasteiger partial charge on any atom is 0.0593 e. The molecule has 6 heteroatoms. The van der Waals surface area contributed by atoms with Crippen molar-refractivity contribution in [3.63, 3.8) is 0 Å². The summed E-state index contributed by atoms with van der Waals surface area (Å²) in [6.07, 6.45) is 2.49. The topological polar surface area (TPSA) is 34.2 Å². The largest absolute Gasteiger partial charge is 0.379 e. The molecule has 0 atom stereocenters. The van der Waals surface area contributed by atoms with Crippen LogP contribution in [0.5, 0.6) is 0 Å². The molecule has 0 saturated carbocycles. The van der Waals surface area contributed by atoms with Gasteiger partial charge in [-0.3, -0.25) is 0 Å². The Morgan fingerprint density at radius 1 is 0.542 bits per heavy atom. The molecule has 0 spiro atoms. The highest BCUT2D eigenvalue weighted by atomic mass is 16.5. The van der Waals surface area contributed by atoms with Crippen molar-refractivity contribution < 1.29 is 4.74 Å². The summed E-state index contributed by atoms with van der Waals surface area (Å²) in [5.41, 5.74) is 0. The van der Waals surface area contributed by atoms with Gasteiger partial charge in [-0.25, -0.2) is 0 Å². The third-order valence-corrected chi connectivity index (χ3v) is 3.28. The number of ether oxygens (including phenoxy) is 1. The molecule has 0 saturated heterocycles. The molecule has 6 nitrogen and oxygen atoms in total. The maximum atomic E-state index is 5.37. The number of nitrogens with zero attached hydrogens (tertiary/aromatic N) is 4. The van der Waals surface area contributed by atoms with Crippen LogP contribution in [0.25, 0.3) is 0 Å². The Kier molecular flexibility index (Phi) is 20.7. The van der Waals surface area contributed by atoms with Crippen LogP contribution in [-0.4, -0.2) is 128 Å². The van der Waals surface area contributed by atoms with Crippen LogP contribution in [0.4, 0.5) is 0 Å². The summed E-state index contributed by atoms with van der Waals surface area (Å²) in [6, 6.07) is 0. The van der Waals surface area contributed by atoms with E-state index in [1.165, 1.54) is 25.9 Å². The molecule has 0 aliphatic heterocycles. The predicted molar refractivity (Wildman–Crippen MR) is 107 cm³/mol. The highest BCUT2D eigenvalue weighted by Crippen LogP contribution is 1.83. The van der Waals surface area contributed by atoms with Gasteiger partial charge in [0.25, 0.3) is 0 Å². The Morgan fingerprint density at radius 2 is 0.875 bits per heavy atom. The minimum atomic E-state index is 0.834. The molecule has 0 aromatic carbocycles. The second-order valence-electron chi connectivity index (χ2n) is 7.28. The zero-order valence-electron chi connectivity index (χ0n) is 17.8. The Morgan fingerprint density at radius 3 is 1.17 bits per heavy atom. The van der Waals surface area contributed by atoms with Gasteiger partial charge in [0.2, 0.25) is 0 Å². The molecule has 148 valence electrons. The molecular weight excluding hydrogens is 302 g/mol. The first-order valence-corrected chi connectivity index (χ1v) is 9.13. The fraction of sp³-hybridized carbons (Fsp3) is 1.00. The molecular formula is C18H45N5O. The molecule has 0 bridgehead atoms. The van der Waals surface area contributed by atoms with E-state index in [0.717, 1.165) is 39.4 Å². The molecule has 0 rings (SSSR count). The number of hydrogen-bond donors (Lipinski definition) is 1. The first-order chi connectivity index (χ1) is 11.3. The second kappa shape index (κ2) is 19.1. The standard InChI is InChI=1S/C10H25N3.C8H20N2O/c1-12(2)9-5-7-11-8-6-10-13(3)4;1-9(2)5-7-11-8-6-10(3)4/h11H,5-10H2,1-4H3;5-8H2,1-4H3. The molecule has 1 N–H and O–H groups in total. The van der Waals surface area contributed by atoms with E-state index >= 15 is 0 Å². The van der Waals surface area contributed by atoms with Crippen molar-refractivity contribution in [2.45, 2.75) is 12.8 Å².